The van der Waals surface area contributed by atoms with E-state index >= 15 is 0 Å². The van der Waals surface area contributed by atoms with Crippen LogP contribution in [0.4, 0.5) is 13.2 Å². The Morgan fingerprint density at radius 2 is 1.78 bits per heavy atom. The lowest BCUT2D eigenvalue weighted by molar-refractivity contribution is -0.137. The number of fused-ring (bicyclic) bond motifs is 1. The van der Waals surface area contributed by atoms with Gasteiger partial charge in [-0.25, -0.2) is 0 Å². The minimum Gasteiger partial charge on any atom is -0.494 e. The predicted molar refractivity (Wildman–Crippen MR) is 103 cm³/mol. The maximum atomic E-state index is 12.7. The smallest absolute Gasteiger partial charge is 0.416 e. The van der Waals surface area contributed by atoms with Crippen LogP contribution in [-0.2, 0) is 6.18 Å². The number of hydrogen-bond donors (Lipinski definition) is 0. The molecular weight excluding hydrogens is 373 g/mol. The molecule has 0 fully saturated rings. The van der Waals surface area contributed by atoms with Crippen molar-refractivity contribution < 1.29 is 17.9 Å². The molecule has 3 nitrogen and oxygen atoms in total. The van der Waals surface area contributed by atoms with Crippen LogP contribution < -0.4 is 4.74 Å². The molecule has 0 saturated carbocycles. The van der Waals surface area contributed by atoms with E-state index in [0.29, 0.717) is 17.9 Å². The fourth-order valence-electron chi connectivity index (χ4n) is 2.75. The maximum Gasteiger partial charge on any atom is 0.416 e. The lowest BCUT2D eigenvalue weighted by Gasteiger charge is -2.10. The number of alkyl halides is 3. The first-order chi connectivity index (χ1) is 12.8. The highest BCUT2D eigenvalue weighted by Crippen LogP contribution is 2.35. The van der Waals surface area contributed by atoms with Gasteiger partial charge in [-0.05, 0) is 75.3 Å². The summed E-state index contributed by atoms with van der Waals surface area (Å²) in [7, 11) is 4.10. The Bertz CT molecular complexity index is 888. The summed E-state index contributed by atoms with van der Waals surface area (Å²) < 4.78 is 49.3. The number of rotatable bonds is 7. The second-order valence-electron chi connectivity index (χ2n) is 6.62. The summed E-state index contributed by atoms with van der Waals surface area (Å²) in [6.07, 6.45) is -2.27. The quantitative estimate of drug-likeness (QED) is 0.481. The molecule has 0 aliphatic heterocycles. The summed E-state index contributed by atoms with van der Waals surface area (Å²) in [6.45, 7) is 1.69. The first-order valence-corrected chi connectivity index (χ1v) is 9.46. The maximum absolute atomic E-state index is 12.7. The Labute approximate surface area is 160 Å². The molecule has 0 saturated heterocycles. The highest BCUT2D eigenvalue weighted by Gasteiger charge is 2.30. The second-order valence-corrected chi connectivity index (χ2v) is 7.43. The van der Waals surface area contributed by atoms with Crippen LogP contribution in [0.5, 0.6) is 5.75 Å². The van der Waals surface area contributed by atoms with Crippen LogP contribution in [0.1, 0.15) is 18.4 Å². The number of unbranched alkanes of at least 4 members (excludes halogenated alkanes) is 1. The Balaban J connectivity index is 1.70. The lowest BCUT2D eigenvalue weighted by atomic mass is 10.1. The molecule has 0 bridgehead atoms. The summed E-state index contributed by atoms with van der Waals surface area (Å²) in [5.41, 5.74) is 0.712. The van der Waals surface area contributed by atoms with Crippen molar-refractivity contribution in [1.29, 1.82) is 0 Å². The fourth-order valence-corrected chi connectivity index (χ4v) is 3.58. The number of aromatic nitrogens is 1. The van der Waals surface area contributed by atoms with Gasteiger partial charge >= 0.3 is 6.18 Å². The van der Waals surface area contributed by atoms with Gasteiger partial charge in [-0.3, -0.25) is 0 Å². The summed E-state index contributed by atoms with van der Waals surface area (Å²) >= 11 is 1.32. The molecule has 0 atom stereocenters. The van der Waals surface area contributed by atoms with Crippen LogP contribution in [0.15, 0.2) is 42.5 Å². The molecule has 7 heteroatoms. The molecule has 3 rings (SSSR count). The van der Waals surface area contributed by atoms with E-state index in [9.17, 15) is 13.2 Å². The van der Waals surface area contributed by atoms with E-state index in [1.165, 1.54) is 23.7 Å². The average molecular weight is 394 g/mol. The van der Waals surface area contributed by atoms with Gasteiger partial charge < -0.3 is 9.64 Å². The van der Waals surface area contributed by atoms with Gasteiger partial charge in [0.05, 0.1) is 22.6 Å². The van der Waals surface area contributed by atoms with Crippen molar-refractivity contribution in [3.63, 3.8) is 0 Å². The van der Waals surface area contributed by atoms with Crippen molar-refractivity contribution in [2.45, 2.75) is 19.0 Å². The first kappa shape index (κ1) is 19.6. The average Bonchev–Trinajstić information content (AvgIpc) is 3.04. The minimum atomic E-state index is -4.33. The first-order valence-electron chi connectivity index (χ1n) is 8.69. The molecule has 27 heavy (non-hydrogen) atoms. The highest BCUT2D eigenvalue weighted by atomic mass is 32.1. The van der Waals surface area contributed by atoms with Crippen LogP contribution in [-0.4, -0.2) is 36.5 Å². The summed E-state index contributed by atoms with van der Waals surface area (Å²) in [5, 5.41) is 0.916. The van der Waals surface area contributed by atoms with Gasteiger partial charge in [0.25, 0.3) is 0 Å². The van der Waals surface area contributed by atoms with E-state index in [0.717, 1.165) is 47.4 Å². The van der Waals surface area contributed by atoms with E-state index < -0.39 is 11.7 Å². The number of ether oxygens (including phenoxy) is 1. The molecule has 0 N–H and O–H groups in total. The van der Waals surface area contributed by atoms with Crippen LogP contribution in [0, 0.1) is 0 Å². The van der Waals surface area contributed by atoms with Crippen molar-refractivity contribution in [2.75, 3.05) is 27.2 Å². The topological polar surface area (TPSA) is 25.4 Å². The van der Waals surface area contributed by atoms with Crippen molar-refractivity contribution in [3.8, 4) is 17.0 Å². The highest BCUT2D eigenvalue weighted by molar-refractivity contribution is 7.13. The molecule has 0 unspecified atom stereocenters. The SMILES string of the molecule is CN(C)CCCCOc1ccc2c(-c3ccc(C(F)(F)F)cc3)nsc2c1. The molecule has 3 aromatic rings. The lowest BCUT2D eigenvalue weighted by Crippen LogP contribution is -2.13. The van der Waals surface area contributed by atoms with Gasteiger partial charge in [-0.1, -0.05) is 12.1 Å². The second kappa shape index (κ2) is 8.27. The molecule has 1 aromatic heterocycles. The van der Waals surface area contributed by atoms with Crippen molar-refractivity contribution in [1.82, 2.24) is 9.27 Å². The molecule has 0 aliphatic rings. The largest absolute Gasteiger partial charge is 0.494 e. The number of halogens is 3. The molecule has 1 heterocycles. The molecule has 144 valence electrons. The van der Waals surface area contributed by atoms with E-state index in [4.69, 9.17) is 4.74 Å². The Morgan fingerprint density at radius 1 is 1.04 bits per heavy atom. The number of benzene rings is 2. The van der Waals surface area contributed by atoms with Crippen molar-refractivity contribution in [3.05, 3.63) is 48.0 Å². The van der Waals surface area contributed by atoms with Gasteiger partial charge in [0, 0.05) is 10.9 Å². The number of hydrogen-bond acceptors (Lipinski definition) is 4. The van der Waals surface area contributed by atoms with Gasteiger partial charge in [0.15, 0.2) is 0 Å². The summed E-state index contributed by atoms with van der Waals surface area (Å²) in [5.74, 6) is 0.787. The Kier molecular flexibility index (Phi) is 6.01. The van der Waals surface area contributed by atoms with Crippen LogP contribution >= 0.6 is 11.5 Å². The Morgan fingerprint density at radius 3 is 2.44 bits per heavy atom. The summed E-state index contributed by atoms with van der Waals surface area (Å²) in [6, 6.07) is 10.8. The van der Waals surface area contributed by atoms with Crippen LogP contribution in [0.2, 0.25) is 0 Å². The van der Waals surface area contributed by atoms with Gasteiger partial charge in [-0.2, -0.15) is 17.5 Å². The molecule has 0 aliphatic carbocycles. The molecular formula is C20H21F3N2OS. The van der Waals surface area contributed by atoms with E-state index in [1.807, 2.05) is 32.3 Å². The number of nitrogens with zero attached hydrogens (tertiary/aromatic N) is 2. The van der Waals surface area contributed by atoms with Gasteiger partial charge in [0.2, 0.25) is 0 Å². The predicted octanol–water partition coefficient (Wildman–Crippen LogP) is 5.70. The van der Waals surface area contributed by atoms with E-state index in [2.05, 4.69) is 9.27 Å². The standard InChI is InChI=1S/C20H21F3N2OS/c1-25(2)11-3-4-12-26-16-9-10-17-18(13-16)27-24-19(17)14-5-7-15(8-6-14)20(21,22)23/h5-10,13H,3-4,11-12H2,1-2H3. The van der Waals surface area contributed by atoms with E-state index in [1.54, 1.807) is 0 Å². The molecule has 2 aromatic carbocycles. The Hall–Kier alpha value is -2.12. The third-order valence-corrected chi connectivity index (χ3v) is 5.01. The third-order valence-electron chi connectivity index (χ3n) is 4.20. The zero-order valence-electron chi connectivity index (χ0n) is 15.2. The van der Waals surface area contributed by atoms with Crippen molar-refractivity contribution >= 4 is 21.6 Å². The van der Waals surface area contributed by atoms with Crippen LogP contribution in [0.3, 0.4) is 0 Å². The monoisotopic (exact) mass is 394 g/mol. The van der Waals surface area contributed by atoms with Crippen LogP contribution in [0.25, 0.3) is 21.3 Å². The van der Waals surface area contributed by atoms with Gasteiger partial charge in [-0.15, -0.1) is 0 Å². The molecule has 0 radical (unpaired) electrons. The molecule has 0 spiro atoms. The zero-order valence-corrected chi connectivity index (χ0v) is 16.0. The van der Waals surface area contributed by atoms with Crippen molar-refractivity contribution in [2.24, 2.45) is 0 Å². The molecule has 0 amide bonds. The van der Waals surface area contributed by atoms with Gasteiger partial charge in [0.1, 0.15) is 5.75 Å². The summed E-state index contributed by atoms with van der Waals surface area (Å²) in [4.78, 5) is 2.14. The third kappa shape index (κ3) is 4.99. The normalized spacial score (nSPS) is 12.1. The fraction of sp³-hybridized carbons (Fsp3) is 0.350. The van der Waals surface area contributed by atoms with E-state index in [-0.39, 0.29) is 0 Å². The minimum absolute atomic E-state index is 0.657. The zero-order chi connectivity index (χ0) is 19.4.